The van der Waals surface area contributed by atoms with Crippen molar-refractivity contribution in [2.45, 2.75) is 12.1 Å². The van der Waals surface area contributed by atoms with Crippen molar-refractivity contribution in [3.05, 3.63) is 53.5 Å². The van der Waals surface area contributed by atoms with Crippen molar-refractivity contribution in [1.82, 2.24) is 9.97 Å². The summed E-state index contributed by atoms with van der Waals surface area (Å²) in [4.78, 5) is 21.2. The van der Waals surface area contributed by atoms with Gasteiger partial charge in [-0.15, -0.1) is 0 Å². The van der Waals surface area contributed by atoms with Gasteiger partial charge < -0.3 is 19.5 Å². The third-order valence-electron chi connectivity index (χ3n) is 4.98. The lowest BCUT2D eigenvalue weighted by atomic mass is 9.93. The van der Waals surface area contributed by atoms with Crippen LogP contribution in [0.1, 0.15) is 22.7 Å². The van der Waals surface area contributed by atoms with Gasteiger partial charge in [-0.3, -0.25) is 4.79 Å². The van der Waals surface area contributed by atoms with Gasteiger partial charge in [0.15, 0.2) is 11.5 Å². The van der Waals surface area contributed by atoms with Crippen molar-refractivity contribution >= 4 is 22.5 Å². The second kappa shape index (κ2) is 8.03. The fourth-order valence-corrected chi connectivity index (χ4v) is 3.53. The molecule has 1 atom stereocenters. The number of rotatable bonds is 6. The summed E-state index contributed by atoms with van der Waals surface area (Å²) in [7, 11) is 3.03. The molecule has 1 aromatic heterocycles. The van der Waals surface area contributed by atoms with E-state index >= 15 is 0 Å². The smallest absolute Gasteiger partial charge is 0.416 e. The van der Waals surface area contributed by atoms with Crippen LogP contribution in [0.3, 0.4) is 0 Å². The maximum Gasteiger partial charge on any atom is 0.416 e. The average molecular weight is 433 g/mol. The van der Waals surface area contributed by atoms with E-state index in [1.807, 2.05) is 0 Å². The summed E-state index contributed by atoms with van der Waals surface area (Å²) in [6, 6.07) is 6.50. The summed E-state index contributed by atoms with van der Waals surface area (Å²) in [5, 5.41) is 3.06. The minimum absolute atomic E-state index is 0.114. The molecule has 31 heavy (non-hydrogen) atoms. The Morgan fingerprint density at radius 3 is 2.58 bits per heavy atom. The number of alkyl halides is 3. The van der Waals surface area contributed by atoms with Crippen LogP contribution in [0, 0.1) is 0 Å². The number of nitrogens with zero attached hydrogens (tertiary/aromatic N) is 2. The van der Waals surface area contributed by atoms with Gasteiger partial charge in [-0.05, 0) is 23.8 Å². The molecule has 3 aromatic rings. The van der Waals surface area contributed by atoms with Crippen LogP contribution in [0.2, 0.25) is 0 Å². The van der Waals surface area contributed by atoms with Gasteiger partial charge in [0.2, 0.25) is 5.91 Å². The highest BCUT2D eigenvalue weighted by molar-refractivity contribution is 6.07. The normalized spacial score (nSPS) is 15.6. The molecule has 2 aromatic carbocycles. The highest BCUT2D eigenvalue weighted by Crippen LogP contribution is 2.43. The molecule has 7 nitrogen and oxygen atoms in total. The van der Waals surface area contributed by atoms with Crippen LogP contribution in [0.25, 0.3) is 10.9 Å². The number of methoxy groups -OCH3 is 2. The number of fused-ring (bicyclic) bond motifs is 2. The number of halogens is 3. The molecule has 1 aliphatic heterocycles. The van der Waals surface area contributed by atoms with Crippen molar-refractivity contribution in [2.24, 2.45) is 0 Å². The number of aromatic nitrogens is 2. The number of carbonyl (C=O) groups is 1. The van der Waals surface area contributed by atoms with Crippen LogP contribution < -0.4 is 14.8 Å². The van der Waals surface area contributed by atoms with Gasteiger partial charge >= 0.3 is 6.18 Å². The largest absolute Gasteiger partial charge is 0.493 e. The fourth-order valence-electron chi connectivity index (χ4n) is 3.53. The zero-order chi connectivity index (χ0) is 22.2. The van der Waals surface area contributed by atoms with E-state index < -0.39 is 23.6 Å². The van der Waals surface area contributed by atoms with E-state index in [0.717, 1.165) is 12.1 Å². The van der Waals surface area contributed by atoms with Crippen LogP contribution in [-0.2, 0) is 15.7 Å². The first kappa shape index (κ1) is 20.9. The number of nitrogens with one attached hydrogen (secondary N) is 1. The van der Waals surface area contributed by atoms with Crippen LogP contribution in [0.15, 0.2) is 36.7 Å². The van der Waals surface area contributed by atoms with Crippen molar-refractivity contribution in [3.63, 3.8) is 0 Å². The summed E-state index contributed by atoms with van der Waals surface area (Å²) in [5.74, 6) is -0.491. The van der Waals surface area contributed by atoms with Crippen molar-refractivity contribution in [3.8, 4) is 11.5 Å². The molecule has 0 fully saturated rings. The molecule has 1 N–H and O–H groups in total. The average Bonchev–Trinajstić information content (AvgIpc) is 3.07. The van der Waals surface area contributed by atoms with Gasteiger partial charge in [-0.2, -0.15) is 13.2 Å². The van der Waals surface area contributed by atoms with E-state index in [4.69, 9.17) is 14.2 Å². The lowest BCUT2D eigenvalue weighted by molar-refractivity contribution is -0.137. The van der Waals surface area contributed by atoms with Crippen molar-refractivity contribution < 1.29 is 32.2 Å². The standard InChI is InChI=1S/C21H18F3N3O4/c1-29-5-6-31-17-9-14-13(8-16(17)30-2)19(26-10-25-14)18-12-4-3-11(21(22,23)24)7-15(12)27-20(18)28/h3-4,7-10,18H,5-6H2,1-2H3,(H,27,28). The molecular formula is C21H18F3N3O4. The maximum absolute atomic E-state index is 13.0. The number of hydrogen-bond acceptors (Lipinski definition) is 6. The fraction of sp³-hybridized carbons (Fsp3) is 0.286. The lowest BCUT2D eigenvalue weighted by Crippen LogP contribution is -2.15. The van der Waals surface area contributed by atoms with Crippen molar-refractivity contribution in [1.29, 1.82) is 0 Å². The molecule has 0 radical (unpaired) electrons. The molecule has 1 aliphatic rings. The minimum atomic E-state index is -4.51. The Labute approximate surface area is 175 Å². The number of ether oxygens (including phenoxy) is 3. The summed E-state index contributed by atoms with van der Waals surface area (Å²) in [6.45, 7) is 0.686. The number of hydrogen-bond donors (Lipinski definition) is 1. The van der Waals surface area contributed by atoms with E-state index in [1.165, 1.54) is 19.5 Å². The van der Waals surface area contributed by atoms with E-state index in [1.54, 1.807) is 19.2 Å². The Balaban J connectivity index is 1.79. The summed E-state index contributed by atoms with van der Waals surface area (Å²) < 4.78 is 55.2. The molecule has 0 bridgehead atoms. The number of benzene rings is 2. The van der Waals surface area contributed by atoms with Crippen LogP contribution in [0.4, 0.5) is 18.9 Å². The van der Waals surface area contributed by atoms with Gasteiger partial charge in [0.1, 0.15) is 18.9 Å². The third kappa shape index (κ3) is 3.86. The molecule has 0 aliphatic carbocycles. The summed E-state index contributed by atoms with van der Waals surface area (Å²) in [6.07, 6.45) is -3.20. The second-order valence-electron chi connectivity index (χ2n) is 6.84. The highest BCUT2D eigenvalue weighted by Gasteiger charge is 2.38. The number of carbonyl (C=O) groups excluding carboxylic acids is 1. The predicted molar refractivity (Wildman–Crippen MR) is 105 cm³/mol. The molecular weight excluding hydrogens is 415 g/mol. The van der Waals surface area contributed by atoms with Crippen LogP contribution >= 0.6 is 0 Å². The highest BCUT2D eigenvalue weighted by atomic mass is 19.4. The van der Waals surface area contributed by atoms with Gasteiger partial charge in [0.25, 0.3) is 0 Å². The Kier molecular flexibility index (Phi) is 5.40. The first-order valence-electron chi connectivity index (χ1n) is 9.30. The first-order chi connectivity index (χ1) is 14.8. The van der Waals surface area contributed by atoms with Crippen LogP contribution in [0.5, 0.6) is 11.5 Å². The second-order valence-corrected chi connectivity index (χ2v) is 6.84. The van der Waals surface area contributed by atoms with Gasteiger partial charge in [0.05, 0.1) is 30.5 Å². The summed E-state index contributed by atoms with van der Waals surface area (Å²) in [5.41, 5.74) is 0.564. The topological polar surface area (TPSA) is 82.6 Å². The summed E-state index contributed by atoms with van der Waals surface area (Å²) >= 11 is 0. The third-order valence-corrected chi connectivity index (χ3v) is 4.98. The molecule has 1 unspecified atom stereocenters. The minimum Gasteiger partial charge on any atom is -0.493 e. The van der Waals surface area contributed by atoms with Gasteiger partial charge in [-0.1, -0.05) is 6.07 Å². The zero-order valence-corrected chi connectivity index (χ0v) is 16.6. The quantitative estimate of drug-likeness (QED) is 0.596. The SMILES string of the molecule is COCCOc1cc2ncnc(C3C(=O)Nc4cc(C(F)(F)F)ccc43)c2cc1OC. The zero-order valence-electron chi connectivity index (χ0n) is 16.6. The molecule has 10 heteroatoms. The molecule has 162 valence electrons. The van der Waals surface area contributed by atoms with E-state index in [0.29, 0.717) is 46.9 Å². The number of amides is 1. The molecule has 4 rings (SSSR count). The Hall–Kier alpha value is -3.40. The van der Waals surface area contributed by atoms with E-state index in [9.17, 15) is 18.0 Å². The van der Waals surface area contributed by atoms with E-state index in [2.05, 4.69) is 15.3 Å². The predicted octanol–water partition coefficient (Wildman–Crippen LogP) is 3.77. The molecule has 0 saturated carbocycles. The molecule has 1 amide bonds. The molecule has 0 saturated heterocycles. The maximum atomic E-state index is 13.0. The Bertz CT molecular complexity index is 1150. The Morgan fingerprint density at radius 2 is 1.87 bits per heavy atom. The first-order valence-corrected chi connectivity index (χ1v) is 9.30. The van der Waals surface area contributed by atoms with Crippen LogP contribution in [-0.4, -0.2) is 43.3 Å². The van der Waals surface area contributed by atoms with E-state index in [-0.39, 0.29) is 5.69 Å². The lowest BCUT2D eigenvalue weighted by Gasteiger charge is -2.15. The number of anilines is 1. The van der Waals surface area contributed by atoms with Crippen molar-refractivity contribution in [2.75, 3.05) is 32.8 Å². The van der Waals surface area contributed by atoms with Gasteiger partial charge in [0, 0.05) is 24.2 Å². The molecule has 2 heterocycles. The Morgan fingerprint density at radius 1 is 1.06 bits per heavy atom. The monoisotopic (exact) mass is 433 g/mol. The van der Waals surface area contributed by atoms with Gasteiger partial charge in [-0.25, -0.2) is 9.97 Å². The molecule has 0 spiro atoms.